The van der Waals surface area contributed by atoms with E-state index in [1.165, 1.54) is 57.8 Å². The topological polar surface area (TPSA) is 52.3 Å². The molecule has 3 nitrogen and oxygen atoms in total. The van der Waals surface area contributed by atoms with Gasteiger partial charge in [-0.25, -0.2) is 0 Å². The number of rotatable bonds is 15. The highest BCUT2D eigenvalue weighted by atomic mass is 16.5. The molecule has 0 amide bonds. The molecule has 0 saturated carbocycles. The molecular formula is C18H35NO2. The van der Waals surface area contributed by atoms with Gasteiger partial charge in [0.15, 0.2) is 0 Å². The lowest BCUT2D eigenvalue weighted by atomic mass is 10.1. The molecule has 0 aromatic rings. The summed E-state index contributed by atoms with van der Waals surface area (Å²) in [7, 11) is 0. The van der Waals surface area contributed by atoms with Crippen molar-refractivity contribution in [3.8, 4) is 0 Å². The lowest BCUT2D eigenvalue weighted by Gasteiger charge is -2.02. The Morgan fingerprint density at radius 2 is 1.48 bits per heavy atom. The lowest BCUT2D eigenvalue weighted by molar-refractivity contribution is -0.143. The minimum absolute atomic E-state index is 0.105. The van der Waals surface area contributed by atoms with Crippen LogP contribution in [0.25, 0.3) is 0 Å². The van der Waals surface area contributed by atoms with Crippen molar-refractivity contribution in [2.24, 2.45) is 5.73 Å². The molecule has 0 rings (SSSR count). The van der Waals surface area contributed by atoms with Gasteiger partial charge in [0.2, 0.25) is 0 Å². The molecule has 124 valence electrons. The summed E-state index contributed by atoms with van der Waals surface area (Å²) in [4.78, 5) is 11.2. The number of hydrogen-bond donors (Lipinski definition) is 1. The van der Waals surface area contributed by atoms with Crippen LogP contribution in [-0.4, -0.2) is 19.1 Å². The van der Waals surface area contributed by atoms with Gasteiger partial charge in [0, 0.05) is 13.0 Å². The minimum atomic E-state index is -0.105. The van der Waals surface area contributed by atoms with Crippen molar-refractivity contribution in [2.75, 3.05) is 13.2 Å². The number of hydrogen-bond acceptors (Lipinski definition) is 3. The maximum Gasteiger partial charge on any atom is 0.305 e. The molecule has 0 unspecified atom stereocenters. The summed E-state index contributed by atoms with van der Waals surface area (Å²) in [5.74, 6) is -0.105. The largest absolute Gasteiger partial charge is 0.464 e. The maximum atomic E-state index is 11.2. The van der Waals surface area contributed by atoms with Gasteiger partial charge in [-0.2, -0.15) is 0 Å². The number of unbranched alkanes of at least 4 members (excludes halogenated alkanes) is 9. The first kappa shape index (κ1) is 20.2. The molecule has 0 aromatic carbocycles. The number of esters is 1. The molecule has 0 aliphatic carbocycles. The summed E-state index contributed by atoms with van der Waals surface area (Å²) in [5, 5.41) is 0. The predicted octanol–water partition coefficient (Wildman–Crippen LogP) is 4.75. The van der Waals surface area contributed by atoms with Crippen LogP contribution < -0.4 is 5.73 Å². The minimum Gasteiger partial charge on any atom is -0.464 e. The van der Waals surface area contributed by atoms with Crippen LogP contribution in [0.1, 0.15) is 84.0 Å². The second-order valence-electron chi connectivity index (χ2n) is 5.64. The van der Waals surface area contributed by atoms with E-state index >= 15 is 0 Å². The maximum absolute atomic E-state index is 11.2. The Hall–Kier alpha value is -0.830. The van der Waals surface area contributed by atoms with E-state index in [2.05, 4.69) is 19.1 Å². The van der Waals surface area contributed by atoms with Gasteiger partial charge < -0.3 is 10.5 Å². The highest BCUT2D eigenvalue weighted by Crippen LogP contribution is 2.09. The molecule has 0 saturated heterocycles. The van der Waals surface area contributed by atoms with Crippen LogP contribution >= 0.6 is 0 Å². The summed E-state index contributed by atoms with van der Waals surface area (Å²) in [6, 6.07) is 0. The molecular weight excluding hydrogens is 262 g/mol. The van der Waals surface area contributed by atoms with Crippen LogP contribution in [0, 0.1) is 0 Å². The molecule has 21 heavy (non-hydrogen) atoms. The second kappa shape index (κ2) is 17.2. The second-order valence-corrected chi connectivity index (χ2v) is 5.64. The van der Waals surface area contributed by atoms with Gasteiger partial charge >= 0.3 is 5.97 Å². The Balaban J connectivity index is 3.15. The number of carbonyl (C=O) groups is 1. The Labute approximate surface area is 131 Å². The molecule has 0 heterocycles. The van der Waals surface area contributed by atoms with Gasteiger partial charge in [-0.15, -0.1) is 0 Å². The SMILES string of the molecule is CCCCCCC=CCCCCCCCC(=O)OCCN. The van der Waals surface area contributed by atoms with E-state index in [0.29, 0.717) is 19.6 Å². The van der Waals surface area contributed by atoms with Gasteiger partial charge in [0.1, 0.15) is 6.61 Å². The third-order valence-corrected chi connectivity index (χ3v) is 3.52. The van der Waals surface area contributed by atoms with Crippen LogP contribution in [0.3, 0.4) is 0 Å². The average Bonchev–Trinajstić information content (AvgIpc) is 2.49. The zero-order valence-electron chi connectivity index (χ0n) is 13.9. The predicted molar refractivity (Wildman–Crippen MR) is 90.2 cm³/mol. The van der Waals surface area contributed by atoms with Gasteiger partial charge in [-0.05, 0) is 32.1 Å². The Morgan fingerprint density at radius 3 is 2.10 bits per heavy atom. The monoisotopic (exact) mass is 297 g/mol. The Morgan fingerprint density at radius 1 is 0.905 bits per heavy atom. The zero-order valence-corrected chi connectivity index (χ0v) is 13.9. The molecule has 0 aliphatic heterocycles. The highest BCUT2D eigenvalue weighted by molar-refractivity contribution is 5.69. The highest BCUT2D eigenvalue weighted by Gasteiger charge is 2.01. The van der Waals surface area contributed by atoms with Crippen molar-refractivity contribution in [1.29, 1.82) is 0 Å². The van der Waals surface area contributed by atoms with Crippen molar-refractivity contribution in [3.05, 3.63) is 12.2 Å². The molecule has 0 atom stereocenters. The fourth-order valence-corrected chi connectivity index (χ4v) is 2.23. The number of nitrogens with two attached hydrogens (primary N) is 1. The van der Waals surface area contributed by atoms with E-state index in [9.17, 15) is 4.79 Å². The van der Waals surface area contributed by atoms with E-state index in [1.807, 2.05) is 0 Å². The fourth-order valence-electron chi connectivity index (χ4n) is 2.23. The molecule has 0 bridgehead atoms. The first-order chi connectivity index (χ1) is 10.3. The van der Waals surface area contributed by atoms with Gasteiger partial charge in [0.05, 0.1) is 0 Å². The number of ether oxygens (including phenoxy) is 1. The zero-order chi connectivity index (χ0) is 15.6. The quantitative estimate of drug-likeness (QED) is 0.270. The normalized spacial score (nSPS) is 11.1. The van der Waals surface area contributed by atoms with Crippen molar-refractivity contribution in [1.82, 2.24) is 0 Å². The van der Waals surface area contributed by atoms with Crippen LogP contribution in [0.2, 0.25) is 0 Å². The Kier molecular flexibility index (Phi) is 16.5. The average molecular weight is 297 g/mol. The molecule has 0 spiro atoms. The summed E-state index contributed by atoms with van der Waals surface area (Å²) >= 11 is 0. The first-order valence-corrected chi connectivity index (χ1v) is 8.82. The molecule has 0 radical (unpaired) electrons. The summed E-state index contributed by atoms with van der Waals surface area (Å²) in [6.45, 7) is 3.01. The third kappa shape index (κ3) is 17.1. The molecule has 0 aromatic heterocycles. The summed E-state index contributed by atoms with van der Waals surface area (Å²) in [6.07, 6.45) is 18.8. The first-order valence-electron chi connectivity index (χ1n) is 8.82. The van der Waals surface area contributed by atoms with Crippen LogP contribution in [-0.2, 0) is 9.53 Å². The lowest BCUT2D eigenvalue weighted by Crippen LogP contribution is -2.13. The van der Waals surface area contributed by atoms with Gasteiger partial charge in [-0.3, -0.25) is 4.79 Å². The molecule has 2 N–H and O–H groups in total. The van der Waals surface area contributed by atoms with Gasteiger partial charge in [0.25, 0.3) is 0 Å². The fraction of sp³-hybridized carbons (Fsp3) is 0.833. The van der Waals surface area contributed by atoms with Crippen LogP contribution in [0.15, 0.2) is 12.2 Å². The van der Waals surface area contributed by atoms with E-state index in [4.69, 9.17) is 10.5 Å². The Bertz CT molecular complexity index is 252. The standard InChI is InChI=1S/C18H35NO2/c1-2-3-4-5-6-7-8-9-10-11-12-13-14-15-18(20)21-17-16-19/h7-8H,2-6,9-17,19H2,1H3. The van der Waals surface area contributed by atoms with E-state index < -0.39 is 0 Å². The summed E-state index contributed by atoms with van der Waals surface area (Å²) in [5.41, 5.74) is 5.27. The van der Waals surface area contributed by atoms with Gasteiger partial charge in [-0.1, -0.05) is 57.6 Å². The molecule has 0 fully saturated rings. The van der Waals surface area contributed by atoms with Crippen LogP contribution in [0.5, 0.6) is 0 Å². The summed E-state index contributed by atoms with van der Waals surface area (Å²) < 4.78 is 4.93. The van der Waals surface area contributed by atoms with Crippen molar-refractivity contribution < 1.29 is 9.53 Å². The van der Waals surface area contributed by atoms with Crippen molar-refractivity contribution in [3.63, 3.8) is 0 Å². The molecule has 3 heteroatoms. The third-order valence-electron chi connectivity index (χ3n) is 3.52. The van der Waals surface area contributed by atoms with Crippen molar-refractivity contribution in [2.45, 2.75) is 84.0 Å². The smallest absolute Gasteiger partial charge is 0.305 e. The van der Waals surface area contributed by atoms with Crippen LogP contribution in [0.4, 0.5) is 0 Å². The van der Waals surface area contributed by atoms with E-state index in [1.54, 1.807) is 0 Å². The number of allylic oxidation sites excluding steroid dienone is 2. The number of carbonyl (C=O) groups excluding carboxylic acids is 1. The van der Waals surface area contributed by atoms with E-state index in [-0.39, 0.29) is 5.97 Å². The molecule has 0 aliphatic rings. The van der Waals surface area contributed by atoms with E-state index in [0.717, 1.165) is 12.8 Å². The van der Waals surface area contributed by atoms with Crippen molar-refractivity contribution >= 4 is 5.97 Å².